The van der Waals surface area contributed by atoms with E-state index in [2.05, 4.69) is 11.3 Å². The van der Waals surface area contributed by atoms with Crippen molar-refractivity contribution in [1.82, 2.24) is 0 Å². The first-order chi connectivity index (χ1) is 20.9. The normalized spacial score (nSPS) is 17.0. The average molecular weight is 621 g/mol. The summed E-state index contributed by atoms with van der Waals surface area (Å²) >= 11 is 0. The van der Waals surface area contributed by atoms with Crippen molar-refractivity contribution in [2.45, 2.75) is 44.1 Å². The first-order valence-corrected chi connectivity index (χ1v) is 13.8. The summed E-state index contributed by atoms with van der Waals surface area (Å²) in [6, 6.07) is 8.43. The van der Waals surface area contributed by atoms with Gasteiger partial charge in [-0.05, 0) is 103 Å². The lowest BCUT2D eigenvalue weighted by Crippen LogP contribution is -2.25. The van der Waals surface area contributed by atoms with Crippen LogP contribution in [0.2, 0.25) is 0 Å². The molecule has 230 valence electrons. The Morgan fingerprint density at radius 1 is 0.659 bits per heavy atom. The van der Waals surface area contributed by atoms with Gasteiger partial charge in [0.25, 0.3) is 0 Å². The minimum absolute atomic E-state index is 0.128. The zero-order valence-corrected chi connectivity index (χ0v) is 23.1. The van der Waals surface area contributed by atoms with Crippen LogP contribution in [0.15, 0.2) is 73.3 Å². The molecular formula is C34H25F9O. The lowest BCUT2D eigenvalue weighted by Gasteiger charge is -2.28. The van der Waals surface area contributed by atoms with Crippen LogP contribution in [0.3, 0.4) is 0 Å². The quantitative estimate of drug-likeness (QED) is 0.108. The van der Waals surface area contributed by atoms with Gasteiger partial charge >= 0.3 is 6.11 Å². The Labute approximate surface area is 247 Å². The van der Waals surface area contributed by atoms with Crippen molar-refractivity contribution in [1.29, 1.82) is 0 Å². The fourth-order valence-corrected chi connectivity index (χ4v) is 5.70. The SMILES string of the molecule is C=CCC1CCC(c2ccc(-c3cc(F)c(C(F)(F)Oc4ccc(-c5cc(F)c(F)c(F)c5)c(F)c4)c(F)c3)c(F)c2)CC1. The molecule has 0 atom stereocenters. The van der Waals surface area contributed by atoms with E-state index in [1.807, 2.05) is 6.08 Å². The van der Waals surface area contributed by atoms with Crippen LogP contribution in [-0.2, 0) is 6.11 Å². The smallest absolute Gasteiger partial charge is 0.429 e. The Balaban J connectivity index is 1.36. The van der Waals surface area contributed by atoms with Gasteiger partial charge in [-0.25, -0.2) is 30.7 Å². The average Bonchev–Trinajstić information content (AvgIpc) is 2.95. The highest BCUT2D eigenvalue weighted by Gasteiger charge is 2.41. The predicted molar refractivity (Wildman–Crippen MR) is 147 cm³/mol. The third-order valence-corrected chi connectivity index (χ3v) is 7.94. The summed E-state index contributed by atoms with van der Waals surface area (Å²) in [6.45, 7) is 3.76. The monoisotopic (exact) mass is 620 g/mol. The van der Waals surface area contributed by atoms with Crippen LogP contribution >= 0.6 is 0 Å². The van der Waals surface area contributed by atoms with Gasteiger partial charge in [-0.1, -0.05) is 18.2 Å². The Kier molecular flexibility index (Phi) is 8.81. The second-order valence-electron chi connectivity index (χ2n) is 10.8. The van der Waals surface area contributed by atoms with Crippen LogP contribution in [0.5, 0.6) is 5.75 Å². The molecule has 0 unspecified atom stereocenters. The summed E-state index contributed by atoms with van der Waals surface area (Å²) in [5.74, 6) is -10.7. The van der Waals surface area contributed by atoms with Crippen molar-refractivity contribution in [3.8, 4) is 28.0 Å². The van der Waals surface area contributed by atoms with Gasteiger partial charge in [-0.2, -0.15) is 8.78 Å². The van der Waals surface area contributed by atoms with Gasteiger partial charge in [0, 0.05) is 17.2 Å². The van der Waals surface area contributed by atoms with E-state index in [0.717, 1.165) is 49.8 Å². The maximum atomic E-state index is 15.1. The van der Waals surface area contributed by atoms with E-state index in [9.17, 15) is 35.1 Å². The van der Waals surface area contributed by atoms with Crippen LogP contribution in [0.4, 0.5) is 39.5 Å². The van der Waals surface area contributed by atoms with E-state index in [1.54, 1.807) is 6.07 Å². The zero-order chi connectivity index (χ0) is 31.8. The molecule has 0 heterocycles. The van der Waals surface area contributed by atoms with Crippen molar-refractivity contribution in [3.63, 3.8) is 0 Å². The number of hydrogen-bond donors (Lipinski definition) is 0. The zero-order valence-electron chi connectivity index (χ0n) is 23.1. The molecule has 1 fully saturated rings. The summed E-state index contributed by atoms with van der Waals surface area (Å²) in [6.07, 6.45) is 1.82. The van der Waals surface area contributed by atoms with Gasteiger partial charge in [0.1, 0.15) is 34.6 Å². The summed E-state index contributed by atoms with van der Waals surface area (Å²) in [4.78, 5) is 0. The Bertz CT molecular complexity index is 1660. The molecule has 44 heavy (non-hydrogen) atoms. The minimum Gasteiger partial charge on any atom is -0.429 e. The molecule has 0 aliphatic heterocycles. The van der Waals surface area contributed by atoms with Crippen molar-refractivity contribution in [2.24, 2.45) is 5.92 Å². The topological polar surface area (TPSA) is 9.23 Å². The summed E-state index contributed by atoms with van der Waals surface area (Å²) in [7, 11) is 0. The van der Waals surface area contributed by atoms with Gasteiger partial charge in [-0.15, -0.1) is 6.58 Å². The Morgan fingerprint density at radius 2 is 1.18 bits per heavy atom. The van der Waals surface area contributed by atoms with Gasteiger partial charge < -0.3 is 4.74 Å². The molecule has 1 nitrogen and oxygen atoms in total. The van der Waals surface area contributed by atoms with Gasteiger partial charge in [0.2, 0.25) is 0 Å². The minimum atomic E-state index is -4.65. The van der Waals surface area contributed by atoms with Crippen molar-refractivity contribution < 1.29 is 44.3 Å². The molecule has 4 aromatic rings. The first kappa shape index (κ1) is 31.2. The molecule has 5 rings (SSSR count). The molecule has 0 N–H and O–H groups in total. The molecule has 4 aromatic carbocycles. The van der Waals surface area contributed by atoms with Crippen molar-refractivity contribution in [3.05, 3.63) is 125 Å². The number of benzene rings is 4. The lowest BCUT2D eigenvalue weighted by atomic mass is 9.77. The molecule has 1 aliphatic carbocycles. The first-order valence-electron chi connectivity index (χ1n) is 13.8. The third kappa shape index (κ3) is 6.34. The second kappa shape index (κ2) is 12.4. The largest absolute Gasteiger partial charge is 0.432 e. The Morgan fingerprint density at radius 3 is 1.70 bits per heavy atom. The van der Waals surface area contributed by atoms with E-state index < -0.39 is 69.3 Å². The van der Waals surface area contributed by atoms with Gasteiger partial charge in [0.15, 0.2) is 17.5 Å². The molecule has 0 amide bonds. The highest BCUT2D eigenvalue weighted by atomic mass is 19.3. The summed E-state index contributed by atoms with van der Waals surface area (Å²) < 4.78 is 134. The van der Waals surface area contributed by atoms with E-state index in [-0.39, 0.29) is 17.0 Å². The molecule has 0 saturated heterocycles. The lowest BCUT2D eigenvalue weighted by molar-refractivity contribution is -0.189. The molecule has 0 aromatic heterocycles. The number of alkyl halides is 2. The fraction of sp³-hybridized carbons (Fsp3) is 0.235. The standard InChI is InChI=1S/C34H25F9O/c1-2-3-18-4-6-19(7-5-18)20-8-10-24(26(35)12-20)21-13-28(37)32(29(38)14-21)34(42,43)44-23-9-11-25(27(36)17-23)22-15-30(39)33(41)31(40)16-22/h2,8-19H,1,3-7H2. The highest BCUT2D eigenvalue weighted by Crippen LogP contribution is 2.41. The number of ether oxygens (including phenoxy) is 1. The van der Waals surface area contributed by atoms with Crippen LogP contribution in [-0.4, -0.2) is 0 Å². The number of halogens is 9. The highest BCUT2D eigenvalue weighted by molar-refractivity contribution is 5.66. The van der Waals surface area contributed by atoms with Crippen LogP contribution in [0, 0.1) is 46.6 Å². The van der Waals surface area contributed by atoms with E-state index in [4.69, 9.17) is 0 Å². The molecular weight excluding hydrogens is 595 g/mol. The van der Waals surface area contributed by atoms with Gasteiger partial charge in [-0.3, -0.25) is 0 Å². The maximum Gasteiger partial charge on any atom is 0.432 e. The molecule has 0 spiro atoms. The van der Waals surface area contributed by atoms with Gasteiger partial charge in [0.05, 0.1) is 0 Å². The molecule has 10 heteroatoms. The van der Waals surface area contributed by atoms with Crippen molar-refractivity contribution >= 4 is 0 Å². The van der Waals surface area contributed by atoms with E-state index >= 15 is 4.39 Å². The van der Waals surface area contributed by atoms with E-state index in [0.29, 0.717) is 36.2 Å². The number of hydrogen-bond acceptors (Lipinski definition) is 1. The maximum absolute atomic E-state index is 15.1. The second-order valence-corrected chi connectivity index (χ2v) is 10.8. The summed E-state index contributed by atoms with van der Waals surface area (Å²) in [5, 5.41) is 0. The van der Waals surface area contributed by atoms with Crippen molar-refractivity contribution in [2.75, 3.05) is 0 Å². The van der Waals surface area contributed by atoms with Crippen LogP contribution in [0.1, 0.15) is 49.1 Å². The molecule has 0 radical (unpaired) electrons. The fourth-order valence-electron chi connectivity index (χ4n) is 5.70. The number of rotatable bonds is 8. The predicted octanol–water partition coefficient (Wildman–Crippen LogP) is 11.0. The van der Waals surface area contributed by atoms with E-state index in [1.165, 1.54) is 12.1 Å². The molecule has 0 bridgehead atoms. The van der Waals surface area contributed by atoms with Crippen LogP contribution in [0.25, 0.3) is 22.3 Å². The molecule has 1 aliphatic rings. The summed E-state index contributed by atoms with van der Waals surface area (Å²) in [5.41, 5.74) is -2.45. The third-order valence-electron chi connectivity index (χ3n) is 7.94. The molecule has 1 saturated carbocycles. The van der Waals surface area contributed by atoms with Crippen LogP contribution < -0.4 is 4.74 Å². The number of allylic oxidation sites excluding steroid dienone is 1. The Hall–Kier alpha value is -4.21.